The standard InChI is InChI=1S/C14H24N2O3S2/c1-11(2)15-8-12-7-14(20-10-12)21(17,18)16-9-13-5-3-4-6-19-13/h7,10-11,13,15-16H,3-6,8-9H2,1-2H3. The largest absolute Gasteiger partial charge is 0.377 e. The van der Waals surface area contributed by atoms with Gasteiger partial charge in [0.1, 0.15) is 4.21 Å². The van der Waals surface area contributed by atoms with Gasteiger partial charge in [-0.2, -0.15) is 0 Å². The minimum Gasteiger partial charge on any atom is -0.377 e. The lowest BCUT2D eigenvalue weighted by atomic mass is 10.1. The van der Waals surface area contributed by atoms with Crippen LogP contribution in [-0.2, 0) is 21.3 Å². The van der Waals surface area contributed by atoms with Gasteiger partial charge in [-0.15, -0.1) is 11.3 Å². The van der Waals surface area contributed by atoms with Crippen molar-refractivity contribution in [3.05, 3.63) is 17.0 Å². The van der Waals surface area contributed by atoms with Crippen LogP contribution < -0.4 is 10.0 Å². The molecule has 0 aliphatic carbocycles. The van der Waals surface area contributed by atoms with Gasteiger partial charge in [0.15, 0.2) is 0 Å². The highest BCUT2D eigenvalue weighted by Crippen LogP contribution is 2.20. The van der Waals surface area contributed by atoms with Crippen molar-refractivity contribution in [1.82, 2.24) is 10.0 Å². The van der Waals surface area contributed by atoms with Crippen molar-refractivity contribution in [1.29, 1.82) is 0 Å². The van der Waals surface area contributed by atoms with E-state index in [2.05, 4.69) is 23.9 Å². The van der Waals surface area contributed by atoms with Crippen molar-refractivity contribution in [2.24, 2.45) is 0 Å². The Bertz CT molecular complexity index is 534. The topological polar surface area (TPSA) is 67.4 Å². The smallest absolute Gasteiger partial charge is 0.250 e. The number of thiophene rings is 1. The lowest BCUT2D eigenvalue weighted by Crippen LogP contribution is -2.35. The Labute approximate surface area is 131 Å². The summed E-state index contributed by atoms with van der Waals surface area (Å²) >= 11 is 1.26. The van der Waals surface area contributed by atoms with Crippen LogP contribution in [0.4, 0.5) is 0 Å². The molecule has 0 saturated carbocycles. The molecule has 0 aromatic carbocycles. The molecule has 1 fully saturated rings. The van der Waals surface area contributed by atoms with E-state index in [0.717, 1.165) is 31.4 Å². The molecule has 0 bridgehead atoms. The van der Waals surface area contributed by atoms with Crippen molar-refractivity contribution >= 4 is 21.4 Å². The number of hydrogen-bond acceptors (Lipinski definition) is 5. The van der Waals surface area contributed by atoms with Crippen molar-refractivity contribution < 1.29 is 13.2 Å². The van der Waals surface area contributed by atoms with Crippen LogP contribution in [0.15, 0.2) is 15.7 Å². The molecule has 0 radical (unpaired) electrons. The fraction of sp³-hybridized carbons (Fsp3) is 0.714. The van der Waals surface area contributed by atoms with Gasteiger partial charge >= 0.3 is 0 Å². The second kappa shape index (κ2) is 7.69. The number of hydrogen-bond donors (Lipinski definition) is 2. The van der Waals surface area contributed by atoms with Gasteiger partial charge in [-0.25, -0.2) is 13.1 Å². The highest BCUT2D eigenvalue weighted by Gasteiger charge is 2.20. The molecule has 1 aliphatic heterocycles. The van der Waals surface area contributed by atoms with Gasteiger partial charge in [-0.05, 0) is 36.3 Å². The zero-order chi connectivity index (χ0) is 15.3. The highest BCUT2D eigenvalue weighted by atomic mass is 32.2. The summed E-state index contributed by atoms with van der Waals surface area (Å²) in [6.45, 7) is 5.91. The molecule has 1 aromatic heterocycles. The third-order valence-corrected chi connectivity index (χ3v) is 6.30. The van der Waals surface area contributed by atoms with E-state index >= 15 is 0 Å². The summed E-state index contributed by atoms with van der Waals surface area (Å²) in [5.41, 5.74) is 1.00. The van der Waals surface area contributed by atoms with Gasteiger partial charge in [0.25, 0.3) is 0 Å². The van der Waals surface area contributed by atoms with E-state index in [0.29, 0.717) is 23.3 Å². The molecule has 1 atom stereocenters. The summed E-state index contributed by atoms with van der Waals surface area (Å²) in [5.74, 6) is 0. The van der Waals surface area contributed by atoms with Crippen molar-refractivity contribution in [3.63, 3.8) is 0 Å². The maximum absolute atomic E-state index is 12.2. The summed E-state index contributed by atoms with van der Waals surface area (Å²) in [4.78, 5) is 0. The maximum atomic E-state index is 12.2. The summed E-state index contributed by atoms with van der Waals surface area (Å²) in [5, 5.41) is 5.17. The van der Waals surface area contributed by atoms with Crippen molar-refractivity contribution in [2.45, 2.75) is 56.0 Å². The molecule has 1 aliphatic rings. The molecule has 2 rings (SSSR count). The molecular weight excluding hydrogens is 308 g/mol. The Kier molecular flexibility index (Phi) is 6.19. The SMILES string of the molecule is CC(C)NCc1csc(S(=O)(=O)NCC2CCCCO2)c1. The monoisotopic (exact) mass is 332 g/mol. The Morgan fingerprint density at radius 2 is 2.24 bits per heavy atom. The maximum Gasteiger partial charge on any atom is 0.250 e. The molecule has 21 heavy (non-hydrogen) atoms. The fourth-order valence-corrected chi connectivity index (χ4v) is 4.47. The van der Waals surface area contributed by atoms with Crippen molar-refractivity contribution in [2.75, 3.05) is 13.2 Å². The molecule has 1 unspecified atom stereocenters. The highest BCUT2D eigenvalue weighted by molar-refractivity contribution is 7.91. The third kappa shape index (κ3) is 5.34. The van der Waals surface area contributed by atoms with Gasteiger partial charge in [-0.1, -0.05) is 13.8 Å². The van der Waals surface area contributed by atoms with Gasteiger partial charge in [-0.3, -0.25) is 0 Å². The van der Waals surface area contributed by atoms with Crippen LogP contribution in [0.3, 0.4) is 0 Å². The van der Waals surface area contributed by atoms with E-state index in [1.165, 1.54) is 11.3 Å². The first-order chi connectivity index (χ1) is 9.97. The molecule has 0 spiro atoms. The normalized spacial score (nSPS) is 20.0. The summed E-state index contributed by atoms with van der Waals surface area (Å²) in [6, 6.07) is 2.12. The van der Waals surface area contributed by atoms with Crippen molar-refractivity contribution in [3.8, 4) is 0 Å². The molecule has 7 heteroatoms. The fourth-order valence-electron chi connectivity index (χ4n) is 2.15. The zero-order valence-electron chi connectivity index (χ0n) is 12.6. The lowest BCUT2D eigenvalue weighted by Gasteiger charge is -2.22. The molecule has 0 amide bonds. The Balaban J connectivity index is 1.89. The molecule has 5 nitrogen and oxygen atoms in total. The van der Waals surface area contributed by atoms with Crippen LogP contribution in [0, 0.1) is 0 Å². The van der Waals surface area contributed by atoms with Crippen LogP contribution >= 0.6 is 11.3 Å². The van der Waals surface area contributed by atoms with E-state index in [9.17, 15) is 8.42 Å². The summed E-state index contributed by atoms with van der Waals surface area (Å²) in [7, 11) is -3.42. The molecule has 2 N–H and O–H groups in total. The second-order valence-electron chi connectivity index (χ2n) is 5.65. The van der Waals surface area contributed by atoms with E-state index in [1.54, 1.807) is 6.07 Å². The Morgan fingerprint density at radius 1 is 1.43 bits per heavy atom. The summed E-state index contributed by atoms with van der Waals surface area (Å²) in [6.07, 6.45) is 3.11. The van der Waals surface area contributed by atoms with Crippen LogP contribution in [0.5, 0.6) is 0 Å². The van der Waals surface area contributed by atoms with E-state index in [-0.39, 0.29) is 6.10 Å². The van der Waals surface area contributed by atoms with Gasteiger partial charge < -0.3 is 10.1 Å². The predicted octanol–water partition coefficient (Wildman–Crippen LogP) is 2.09. The Hall–Kier alpha value is -0.470. The Morgan fingerprint density at radius 3 is 2.90 bits per heavy atom. The summed E-state index contributed by atoms with van der Waals surface area (Å²) < 4.78 is 33.1. The predicted molar refractivity (Wildman–Crippen MR) is 85.1 cm³/mol. The van der Waals surface area contributed by atoms with Gasteiger partial charge in [0.2, 0.25) is 10.0 Å². The second-order valence-corrected chi connectivity index (χ2v) is 8.56. The third-order valence-electron chi connectivity index (χ3n) is 3.38. The van der Waals surface area contributed by atoms with Crippen LogP contribution in [0.2, 0.25) is 0 Å². The molecule has 120 valence electrons. The van der Waals surface area contributed by atoms with Crippen LogP contribution in [-0.4, -0.2) is 33.7 Å². The number of ether oxygens (including phenoxy) is 1. The first-order valence-corrected chi connectivity index (χ1v) is 9.76. The first-order valence-electron chi connectivity index (χ1n) is 7.39. The first kappa shape index (κ1) is 16.9. The van der Waals surface area contributed by atoms with Crippen LogP contribution in [0.1, 0.15) is 38.7 Å². The van der Waals surface area contributed by atoms with E-state index in [4.69, 9.17) is 4.74 Å². The van der Waals surface area contributed by atoms with Gasteiger partial charge in [0, 0.05) is 25.7 Å². The average molecular weight is 332 g/mol. The van der Waals surface area contributed by atoms with Gasteiger partial charge in [0.05, 0.1) is 6.10 Å². The van der Waals surface area contributed by atoms with Crippen LogP contribution in [0.25, 0.3) is 0 Å². The molecular formula is C14H24N2O3S2. The number of nitrogens with one attached hydrogen (secondary N) is 2. The van der Waals surface area contributed by atoms with E-state index in [1.807, 2.05) is 5.38 Å². The minimum absolute atomic E-state index is 0.00978. The average Bonchev–Trinajstić information content (AvgIpc) is 2.94. The zero-order valence-corrected chi connectivity index (χ0v) is 14.2. The molecule has 2 heterocycles. The van der Waals surface area contributed by atoms with E-state index < -0.39 is 10.0 Å². The lowest BCUT2D eigenvalue weighted by molar-refractivity contribution is 0.0200. The quantitative estimate of drug-likeness (QED) is 0.802. The molecule has 1 saturated heterocycles. The number of rotatable bonds is 7. The molecule has 1 aromatic rings. The minimum atomic E-state index is -3.42. The number of sulfonamides is 1.